The van der Waals surface area contributed by atoms with E-state index in [9.17, 15) is 21.6 Å². The van der Waals surface area contributed by atoms with Gasteiger partial charge in [0.25, 0.3) is 10.2 Å². The Kier molecular flexibility index (Phi) is 5.38. The summed E-state index contributed by atoms with van der Waals surface area (Å²) in [6.45, 7) is -0.977. The summed E-state index contributed by atoms with van der Waals surface area (Å²) >= 11 is 0. The van der Waals surface area contributed by atoms with Gasteiger partial charge in [0.15, 0.2) is 0 Å². The summed E-state index contributed by atoms with van der Waals surface area (Å²) in [6, 6.07) is -0.297. The summed E-state index contributed by atoms with van der Waals surface area (Å²) in [5.41, 5.74) is 5.39. The van der Waals surface area contributed by atoms with Crippen molar-refractivity contribution < 1.29 is 21.6 Å². The molecule has 9 heteroatoms. The van der Waals surface area contributed by atoms with E-state index in [-0.39, 0.29) is 12.6 Å². The minimum Gasteiger partial charge on any atom is -0.330 e. The lowest BCUT2D eigenvalue weighted by atomic mass is 10.0. The molecule has 1 aliphatic heterocycles. The van der Waals surface area contributed by atoms with Crippen molar-refractivity contribution in [1.82, 2.24) is 9.03 Å². The van der Waals surface area contributed by atoms with Crippen LogP contribution in [-0.2, 0) is 10.2 Å². The van der Waals surface area contributed by atoms with Crippen LogP contribution in [0.25, 0.3) is 0 Å². The highest BCUT2D eigenvalue weighted by Gasteiger charge is 2.35. The first-order valence-corrected chi connectivity index (χ1v) is 7.23. The van der Waals surface area contributed by atoms with Crippen molar-refractivity contribution >= 4 is 10.2 Å². The maximum Gasteiger partial charge on any atom is 0.402 e. The number of hydrogen-bond donors (Lipinski definition) is 2. The van der Waals surface area contributed by atoms with Gasteiger partial charge < -0.3 is 5.73 Å². The van der Waals surface area contributed by atoms with Gasteiger partial charge in [-0.2, -0.15) is 30.6 Å². The van der Waals surface area contributed by atoms with Crippen molar-refractivity contribution in [3.05, 3.63) is 0 Å². The number of nitrogens with one attached hydrogen (secondary N) is 1. The van der Waals surface area contributed by atoms with Crippen LogP contribution in [0.1, 0.15) is 25.7 Å². The highest BCUT2D eigenvalue weighted by molar-refractivity contribution is 7.87. The Morgan fingerprint density at radius 3 is 2.56 bits per heavy atom. The van der Waals surface area contributed by atoms with Gasteiger partial charge in [0.2, 0.25) is 0 Å². The largest absolute Gasteiger partial charge is 0.402 e. The fraction of sp³-hybridized carbons (Fsp3) is 1.00. The lowest BCUT2D eigenvalue weighted by Gasteiger charge is -2.34. The van der Waals surface area contributed by atoms with Gasteiger partial charge in [0, 0.05) is 12.6 Å². The molecule has 0 aromatic rings. The fourth-order valence-corrected chi connectivity index (χ4v) is 3.51. The number of nitrogens with two attached hydrogens (primary N) is 1. The molecule has 3 N–H and O–H groups in total. The number of rotatable bonds is 5. The van der Waals surface area contributed by atoms with Gasteiger partial charge in [-0.25, -0.2) is 0 Å². The predicted octanol–water partition coefficient (Wildman–Crippen LogP) is 0.586. The number of hydrogen-bond acceptors (Lipinski definition) is 3. The third-order valence-electron chi connectivity index (χ3n) is 2.84. The predicted molar refractivity (Wildman–Crippen MR) is 61.0 cm³/mol. The van der Waals surface area contributed by atoms with Gasteiger partial charge in [-0.05, 0) is 25.8 Å². The van der Waals surface area contributed by atoms with Crippen LogP contribution in [0, 0.1) is 0 Å². The number of nitrogens with zero attached hydrogens (tertiary/aromatic N) is 1. The molecule has 108 valence electrons. The Labute approximate surface area is 105 Å². The van der Waals surface area contributed by atoms with Crippen LogP contribution in [0.2, 0.25) is 0 Å². The van der Waals surface area contributed by atoms with Crippen molar-refractivity contribution in [2.45, 2.75) is 37.9 Å². The van der Waals surface area contributed by atoms with Crippen LogP contribution < -0.4 is 10.5 Å². The van der Waals surface area contributed by atoms with E-state index < -0.39 is 22.9 Å². The van der Waals surface area contributed by atoms with Crippen LogP contribution in [0.15, 0.2) is 0 Å². The summed E-state index contributed by atoms with van der Waals surface area (Å²) in [4.78, 5) is 0. The third kappa shape index (κ3) is 4.71. The Morgan fingerprint density at radius 2 is 2.00 bits per heavy atom. The average Bonchev–Trinajstić information content (AvgIpc) is 2.27. The summed E-state index contributed by atoms with van der Waals surface area (Å²) < 4.78 is 62.4. The standard InChI is InChI=1S/C9H18F3N3O2S/c10-9(11,12)7-14-18(16,17)15-6-2-1-3-8(15)4-5-13/h8,14H,1-7,13H2. The first kappa shape index (κ1) is 15.7. The van der Waals surface area contributed by atoms with E-state index in [1.54, 1.807) is 4.72 Å². The molecule has 1 atom stereocenters. The van der Waals surface area contributed by atoms with Gasteiger partial charge in [0.1, 0.15) is 6.54 Å². The Bertz CT molecular complexity index is 357. The van der Waals surface area contributed by atoms with E-state index in [1.165, 1.54) is 0 Å². The molecule has 0 aromatic carbocycles. The second-order valence-corrected chi connectivity index (χ2v) is 5.99. The summed E-state index contributed by atoms with van der Waals surface area (Å²) in [7, 11) is -4.08. The molecule has 0 bridgehead atoms. The van der Waals surface area contributed by atoms with Gasteiger partial charge in [-0.1, -0.05) is 6.42 Å². The van der Waals surface area contributed by atoms with Crippen LogP contribution in [0.3, 0.4) is 0 Å². The quantitative estimate of drug-likeness (QED) is 0.777. The first-order chi connectivity index (χ1) is 8.26. The smallest absolute Gasteiger partial charge is 0.330 e. The maximum absolute atomic E-state index is 12.0. The highest BCUT2D eigenvalue weighted by Crippen LogP contribution is 2.22. The molecule has 1 saturated heterocycles. The first-order valence-electron chi connectivity index (χ1n) is 5.79. The second-order valence-electron chi connectivity index (χ2n) is 4.28. The van der Waals surface area contributed by atoms with Crippen LogP contribution in [0.4, 0.5) is 13.2 Å². The van der Waals surface area contributed by atoms with Crippen molar-refractivity contribution in [3.63, 3.8) is 0 Å². The molecule has 0 amide bonds. The summed E-state index contributed by atoms with van der Waals surface area (Å²) in [5, 5.41) is 0. The topological polar surface area (TPSA) is 75.4 Å². The molecule has 0 saturated carbocycles. The maximum atomic E-state index is 12.0. The Hall–Kier alpha value is -0.380. The van der Waals surface area contributed by atoms with E-state index in [0.29, 0.717) is 25.8 Å². The molecule has 1 heterocycles. The molecular weight excluding hydrogens is 271 g/mol. The van der Waals surface area contributed by atoms with Gasteiger partial charge >= 0.3 is 6.18 Å². The third-order valence-corrected chi connectivity index (χ3v) is 4.44. The monoisotopic (exact) mass is 289 g/mol. The summed E-state index contributed by atoms with van der Waals surface area (Å²) in [6.07, 6.45) is -1.91. The van der Waals surface area contributed by atoms with Crippen molar-refractivity contribution in [1.29, 1.82) is 0 Å². The Morgan fingerprint density at radius 1 is 1.33 bits per heavy atom. The molecule has 1 aliphatic rings. The van der Waals surface area contributed by atoms with E-state index in [0.717, 1.165) is 10.7 Å². The zero-order valence-electron chi connectivity index (χ0n) is 9.91. The number of halogens is 3. The lowest BCUT2D eigenvalue weighted by molar-refractivity contribution is -0.121. The molecular formula is C9H18F3N3O2S. The average molecular weight is 289 g/mol. The SMILES string of the molecule is NCCC1CCCCN1S(=O)(=O)NCC(F)(F)F. The van der Waals surface area contributed by atoms with E-state index in [4.69, 9.17) is 5.73 Å². The zero-order valence-corrected chi connectivity index (χ0v) is 10.7. The lowest BCUT2D eigenvalue weighted by Crippen LogP contribution is -2.51. The minimum absolute atomic E-state index is 0.248. The van der Waals surface area contributed by atoms with Crippen LogP contribution in [-0.4, -0.2) is 44.6 Å². The number of alkyl halides is 3. The molecule has 1 unspecified atom stereocenters. The van der Waals surface area contributed by atoms with E-state index in [1.807, 2.05) is 0 Å². The Balaban J connectivity index is 2.69. The van der Waals surface area contributed by atoms with Crippen molar-refractivity contribution in [2.75, 3.05) is 19.6 Å². The highest BCUT2D eigenvalue weighted by atomic mass is 32.2. The van der Waals surface area contributed by atoms with Crippen molar-refractivity contribution in [3.8, 4) is 0 Å². The molecule has 0 aliphatic carbocycles. The van der Waals surface area contributed by atoms with Gasteiger partial charge in [-0.3, -0.25) is 0 Å². The molecule has 0 spiro atoms. The molecule has 0 aromatic heterocycles. The van der Waals surface area contributed by atoms with Crippen LogP contribution >= 0.6 is 0 Å². The van der Waals surface area contributed by atoms with Gasteiger partial charge in [0.05, 0.1) is 0 Å². The normalized spacial score (nSPS) is 23.2. The molecule has 0 radical (unpaired) electrons. The molecule has 1 rings (SSSR count). The number of piperidine rings is 1. The second kappa shape index (κ2) is 6.18. The summed E-state index contributed by atoms with van der Waals surface area (Å²) in [5.74, 6) is 0. The molecule has 1 fully saturated rings. The van der Waals surface area contributed by atoms with E-state index >= 15 is 0 Å². The zero-order chi connectivity index (χ0) is 13.8. The van der Waals surface area contributed by atoms with Crippen molar-refractivity contribution in [2.24, 2.45) is 5.73 Å². The molecule has 18 heavy (non-hydrogen) atoms. The van der Waals surface area contributed by atoms with E-state index in [2.05, 4.69) is 0 Å². The minimum atomic E-state index is -4.55. The fourth-order valence-electron chi connectivity index (χ4n) is 2.03. The van der Waals surface area contributed by atoms with Crippen LogP contribution in [0.5, 0.6) is 0 Å². The van der Waals surface area contributed by atoms with Gasteiger partial charge in [-0.15, -0.1) is 0 Å². The molecule has 5 nitrogen and oxygen atoms in total.